The molecular weight excluding hydrogens is 304 g/mol. The Morgan fingerprint density at radius 3 is 2.33 bits per heavy atom. The van der Waals surface area contributed by atoms with Crippen molar-refractivity contribution in [1.82, 2.24) is 5.32 Å². The smallest absolute Gasteiger partial charge is 0.407 e. The third-order valence-corrected chi connectivity index (χ3v) is 3.42. The number of amides is 1. The van der Waals surface area contributed by atoms with Crippen molar-refractivity contribution < 1.29 is 14.6 Å². The van der Waals surface area contributed by atoms with Gasteiger partial charge in [-0.05, 0) is 57.2 Å². The van der Waals surface area contributed by atoms with Crippen LogP contribution in [0.2, 0.25) is 0 Å². The Kier molecular flexibility index (Phi) is 7.24. The molecule has 0 bridgehead atoms. The second kappa shape index (κ2) is 8.70. The molecule has 2 N–H and O–H groups in total. The lowest BCUT2D eigenvalue weighted by Gasteiger charge is -2.27. The Morgan fingerprint density at radius 2 is 1.88 bits per heavy atom. The fourth-order valence-electron chi connectivity index (χ4n) is 2.36. The standard InChI is InChI=1S/C19H28N2O3/c1-13(2)10-17(22)16(21-18(23)24-19(3,4)5)11-14-6-8-15(12-20)9-7-14/h6-9,13,16-17,22H,10-11H2,1-5H3,(H,21,23)/t16-,17+/m1/s1. The Balaban J connectivity index is 2.83. The summed E-state index contributed by atoms with van der Waals surface area (Å²) in [5.41, 5.74) is 0.933. The first-order chi connectivity index (χ1) is 11.1. The summed E-state index contributed by atoms with van der Waals surface area (Å²) in [5, 5.41) is 22.1. The van der Waals surface area contributed by atoms with Crippen LogP contribution in [0, 0.1) is 17.2 Å². The highest BCUT2D eigenvalue weighted by Gasteiger charge is 2.25. The third-order valence-electron chi connectivity index (χ3n) is 3.42. The van der Waals surface area contributed by atoms with E-state index in [1.54, 1.807) is 32.9 Å². The molecule has 1 rings (SSSR count). The molecule has 0 saturated heterocycles. The second-order valence-electron chi connectivity index (χ2n) is 7.46. The van der Waals surface area contributed by atoms with Crippen molar-refractivity contribution in [3.63, 3.8) is 0 Å². The van der Waals surface area contributed by atoms with Gasteiger partial charge in [-0.3, -0.25) is 0 Å². The average molecular weight is 332 g/mol. The molecule has 0 aliphatic carbocycles. The molecule has 0 spiro atoms. The van der Waals surface area contributed by atoms with E-state index in [4.69, 9.17) is 10.00 Å². The van der Waals surface area contributed by atoms with Gasteiger partial charge in [0.1, 0.15) is 5.60 Å². The number of nitrogens with zero attached hydrogens (tertiary/aromatic N) is 1. The van der Waals surface area contributed by atoms with Gasteiger partial charge < -0.3 is 15.2 Å². The maximum absolute atomic E-state index is 12.1. The molecule has 1 aromatic carbocycles. The number of aliphatic hydroxyl groups excluding tert-OH is 1. The zero-order chi connectivity index (χ0) is 18.3. The lowest BCUT2D eigenvalue weighted by Crippen LogP contribution is -2.47. The number of hydrogen-bond acceptors (Lipinski definition) is 4. The second-order valence-corrected chi connectivity index (χ2v) is 7.46. The number of nitriles is 1. The molecule has 0 aromatic heterocycles. The maximum Gasteiger partial charge on any atom is 0.407 e. The predicted octanol–water partition coefficient (Wildman–Crippen LogP) is 3.40. The van der Waals surface area contributed by atoms with Gasteiger partial charge in [-0.2, -0.15) is 5.26 Å². The number of ether oxygens (including phenoxy) is 1. The highest BCUT2D eigenvalue weighted by Crippen LogP contribution is 2.15. The first-order valence-corrected chi connectivity index (χ1v) is 8.27. The molecule has 1 aromatic rings. The van der Waals surface area contributed by atoms with Crippen LogP contribution in [0.5, 0.6) is 0 Å². The van der Waals surface area contributed by atoms with Crippen molar-refractivity contribution >= 4 is 6.09 Å². The molecule has 0 saturated carbocycles. The Hall–Kier alpha value is -2.06. The molecular formula is C19H28N2O3. The minimum Gasteiger partial charge on any atom is -0.444 e. The van der Waals surface area contributed by atoms with E-state index >= 15 is 0 Å². The third kappa shape index (κ3) is 7.47. The van der Waals surface area contributed by atoms with Gasteiger partial charge in [0.05, 0.1) is 23.8 Å². The molecule has 2 atom stereocenters. The first kappa shape index (κ1) is 20.0. The number of aliphatic hydroxyl groups is 1. The van der Waals surface area contributed by atoms with Crippen molar-refractivity contribution in [2.24, 2.45) is 5.92 Å². The molecule has 24 heavy (non-hydrogen) atoms. The minimum atomic E-state index is -0.673. The predicted molar refractivity (Wildman–Crippen MR) is 93.5 cm³/mol. The number of benzene rings is 1. The number of carbonyl (C=O) groups excluding carboxylic acids is 1. The van der Waals surface area contributed by atoms with E-state index in [0.717, 1.165) is 5.56 Å². The molecule has 0 aliphatic rings. The molecule has 5 heteroatoms. The van der Waals surface area contributed by atoms with Gasteiger partial charge in [0.2, 0.25) is 0 Å². The van der Waals surface area contributed by atoms with E-state index in [9.17, 15) is 9.90 Å². The normalized spacial score (nSPS) is 13.9. The average Bonchev–Trinajstić information content (AvgIpc) is 2.44. The number of rotatable bonds is 6. The molecule has 1 amide bonds. The van der Waals surface area contributed by atoms with Crippen molar-refractivity contribution in [2.75, 3.05) is 0 Å². The molecule has 0 fully saturated rings. The van der Waals surface area contributed by atoms with Crippen molar-refractivity contribution in [3.8, 4) is 6.07 Å². The van der Waals surface area contributed by atoms with Gasteiger partial charge >= 0.3 is 6.09 Å². The summed E-state index contributed by atoms with van der Waals surface area (Å²) in [6, 6.07) is 8.76. The summed E-state index contributed by atoms with van der Waals surface area (Å²) in [5.74, 6) is 0.309. The van der Waals surface area contributed by atoms with E-state index < -0.39 is 23.8 Å². The fourth-order valence-corrected chi connectivity index (χ4v) is 2.36. The zero-order valence-electron chi connectivity index (χ0n) is 15.2. The molecule has 0 aliphatic heterocycles. The Morgan fingerprint density at radius 1 is 1.29 bits per heavy atom. The van der Waals surface area contributed by atoms with Crippen LogP contribution < -0.4 is 5.32 Å². The van der Waals surface area contributed by atoms with Crippen LogP contribution in [0.3, 0.4) is 0 Å². The summed E-state index contributed by atoms with van der Waals surface area (Å²) >= 11 is 0. The summed E-state index contributed by atoms with van der Waals surface area (Å²) in [6.07, 6.45) is -0.160. The van der Waals surface area contributed by atoms with Crippen molar-refractivity contribution in [3.05, 3.63) is 35.4 Å². The summed E-state index contributed by atoms with van der Waals surface area (Å²) in [4.78, 5) is 12.1. The highest BCUT2D eigenvalue weighted by molar-refractivity contribution is 5.68. The van der Waals surface area contributed by atoms with Gasteiger partial charge in [0.15, 0.2) is 0 Å². The van der Waals surface area contributed by atoms with Crippen LogP contribution in [-0.4, -0.2) is 28.9 Å². The van der Waals surface area contributed by atoms with Gasteiger partial charge in [-0.1, -0.05) is 26.0 Å². The van der Waals surface area contributed by atoms with Crippen molar-refractivity contribution in [2.45, 2.75) is 65.2 Å². The van der Waals surface area contributed by atoms with Crippen LogP contribution in [0.1, 0.15) is 52.2 Å². The van der Waals surface area contributed by atoms with E-state index in [1.807, 2.05) is 26.0 Å². The van der Waals surface area contributed by atoms with Gasteiger partial charge in [-0.25, -0.2) is 4.79 Å². The lowest BCUT2D eigenvalue weighted by atomic mass is 9.95. The summed E-state index contributed by atoms with van der Waals surface area (Å²) < 4.78 is 5.29. The fraction of sp³-hybridized carbons (Fsp3) is 0.579. The topological polar surface area (TPSA) is 82.4 Å². The Labute approximate surface area is 144 Å². The van der Waals surface area contributed by atoms with Gasteiger partial charge in [-0.15, -0.1) is 0 Å². The molecule has 0 unspecified atom stereocenters. The highest BCUT2D eigenvalue weighted by atomic mass is 16.6. The first-order valence-electron chi connectivity index (χ1n) is 8.27. The van der Waals surface area contributed by atoms with Crippen LogP contribution in [0.4, 0.5) is 4.79 Å². The van der Waals surface area contributed by atoms with E-state index in [-0.39, 0.29) is 0 Å². The van der Waals surface area contributed by atoms with Crippen LogP contribution in [-0.2, 0) is 11.2 Å². The van der Waals surface area contributed by atoms with E-state index in [0.29, 0.717) is 24.3 Å². The quantitative estimate of drug-likeness (QED) is 0.836. The molecule has 0 heterocycles. The van der Waals surface area contributed by atoms with E-state index in [1.165, 1.54) is 0 Å². The maximum atomic E-state index is 12.1. The molecule has 5 nitrogen and oxygen atoms in total. The van der Waals surface area contributed by atoms with Gasteiger partial charge in [0.25, 0.3) is 0 Å². The zero-order valence-corrected chi connectivity index (χ0v) is 15.2. The lowest BCUT2D eigenvalue weighted by molar-refractivity contribution is 0.0398. The van der Waals surface area contributed by atoms with Crippen LogP contribution in [0.25, 0.3) is 0 Å². The van der Waals surface area contributed by atoms with Crippen LogP contribution in [0.15, 0.2) is 24.3 Å². The van der Waals surface area contributed by atoms with Crippen molar-refractivity contribution in [1.29, 1.82) is 5.26 Å². The van der Waals surface area contributed by atoms with E-state index in [2.05, 4.69) is 11.4 Å². The largest absolute Gasteiger partial charge is 0.444 e. The summed E-state index contributed by atoms with van der Waals surface area (Å²) in [7, 11) is 0. The number of nitrogens with one attached hydrogen (secondary N) is 1. The summed E-state index contributed by atoms with van der Waals surface area (Å²) in [6.45, 7) is 9.44. The number of carbonyl (C=O) groups is 1. The molecule has 0 radical (unpaired) electrons. The molecule has 132 valence electrons. The Bertz CT molecular complexity index is 568. The van der Waals surface area contributed by atoms with Crippen LogP contribution >= 0.6 is 0 Å². The monoisotopic (exact) mass is 332 g/mol. The SMILES string of the molecule is CC(C)C[C@H](O)[C@@H](Cc1ccc(C#N)cc1)NC(=O)OC(C)(C)C. The number of alkyl carbamates (subject to hydrolysis) is 1. The van der Waals surface area contributed by atoms with Gasteiger partial charge in [0, 0.05) is 0 Å². The number of hydrogen-bond donors (Lipinski definition) is 2. The minimum absolute atomic E-state index is 0.309.